The van der Waals surface area contributed by atoms with Crippen LogP contribution >= 0.6 is 0 Å². The molecule has 3 N–H and O–H groups in total. The lowest BCUT2D eigenvalue weighted by Gasteiger charge is -2.24. The molecule has 1 amide bonds. The van der Waals surface area contributed by atoms with E-state index in [0.717, 1.165) is 6.42 Å². The Morgan fingerprint density at radius 2 is 2.07 bits per heavy atom. The first-order valence-corrected chi connectivity index (χ1v) is 5.18. The normalized spacial score (nSPS) is 14.1. The second-order valence-corrected chi connectivity index (χ2v) is 4.01. The molecule has 0 aromatic rings. The first-order valence-electron chi connectivity index (χ1n) is 5.18. The minimum absolute atomic E-state index is 0.0158. The Kier molecular flexibility index (Phi) is 5.74. The summed E-state index contributed by atoms with van der Waals surface area (Å²) in [5.41, 5.74) is 5.51. The number of nitrogens with two attached hydrogens (primary N) is 1. The molecule has 1 unspecified atom stereocenters. The van der Waals surface area contributed by atoms with Crippen LogP contribution in [0.1, 0.15) is 27.2 Å². The first-order chi connectivity index (χ1) is 6.95. The fourth-order valence-electron chi connectivity index (χ4n) is 1.50. The summed E-state index contributed by atoms with van der Waals surface area (Å²) in [6, 6.07) is 0. The van der Waals surface area contributed by atoms with Crippen molar-refractivity contribution in [2.75, 3.05) is 13.6 Å². The van der Waals surface area contributed by atoms with Crippen LogP contribution in [0.25, 0.3) is 0 Å². The van der Waals surface area contributed by atoms with E-state index in [1.54, 1.807) is 11.9 Å². The Bertz CT molecular complexity index is 239. The third kappa shape index (κ3) is 3.77. The fourth-order valence-corrected chi connectivity index (χ4v) is 1.50. The van der Waals surface area contributed by atoms with Crippen LogP contribution in [0.5, 0.6) is 0 Å². The first kappa shape index (κ1) is 13.7. The summed E-state index contributed by atoms with van der Waals surface area (Å²) < 4.78 is 0. The molecule has 88 valence electrons. The molecule has 0 saturated carbocycles. The van der Waals surface area contributed by atoms with Crippen molar-refractivity contribution >= 4 is 11.7 Å². The van der Waals surface area contributed by atoms with Crippen molar-refractivity contribution in [2.24, 2.45) is 22.7 Å². The van der Waals surface area contributed by atoms with Gasteiger partial charge < -0.3 is 15.8 Å². The lowest BCUT2D eigenvalue weighted by Crippen LogP contribution is -2.42. The molecule has 0 rings (SSSR count). The van der Waals surface area contributed by atoms with Gasteiger partial charge in [-0.25, -0.2) is 0 Å². The van der Waals surface area contributed by atoms with Gasteiger partial charge in [0, 0.05) is 13.6 Å². The van der Waals surface area contributed by atoms with Crippen LogP contribution in [0.2, 0.25) is 0 Å². The van der Waals surface area contributed by atoms with Gasteiger partial charge in [-0.05, 0) is 12.3 Å². The van der Waals surface area contributed by atoms with Gasteiger partial charge in [0.1, 0.15) is 5.92 Å². The van der Waals surface area contributed by atoms with Crippen LogP contribution in [0.15, 0.2) is 5.16 Å². The lowest BCUT2D eigenvalue weighted by atomic mass is 9.93. The highest BCUT2D eigenvalue weighted by atomic mass is 16.4. The van der Waals surface area contributed by atoms with Crippen molar-refractivity contribution in [2.45, 2.75) is 27.2 Å². The number of hydrogen-bond donors (Lipinski definition) is 2. The van der Waals surface area contributed by atoms with Crippen LogP contribution in [0.4, 0.5) is 0 Å². The molecule has 0 radical (unpaired) electrons. The molecule has 0 fully saturated rings. The highest BCUT2D eigenvalue weighted by molar-refractivity contribution is 6.02. The summed E-state index contributed by atoms with van der Waals surface area (Å²) in [5, 5.41) is 11.5. The topological polar surface area (TPSA) is 78.9 Å². The van der Waals surface area contributed by atoms with Crippen molar-refractivity contribution in [1.29, 1.82) is 0 Å². The van der Waals surface area contributed by atoms with Crippen LogP contribution in [-0.4, -0.2) is 35.4 Å². The van der Waals surface area contributed by atoms with E-state index in [2.05, 4.69) is 5.16 Å². The Morgan fingerprint density at radius 3 is 2.40 bits per heavy atom. The molecule has 0 bridgehead atoms. The van der Waals surface area contributed by atoms with Gasteiger partial charge in [-0.3, -0.25) is 4.79 Å². The molecule has 15 heavy (non-hydrogen) atoms. The van der Waals surface area contributed by atoms with Crippen molar-refractivity contribution in [3.8, 4) is 0 Å². The second-order valence-electron chi connectivity index (χ2n) is 4.01. The van der Waals surface area contributed by atoms with Crippen LogP contribution in [-0.2, 0) is 4.79 Å². The molecular formula is C10H21N3O2. The molecule has 0 aliphatic heterocycles. The maximum Gasteiger partial charge on any atom is 0.233 e. The van der Waals surface area contributed by atoms with Gasteiger partial charge in [-0.15, -0.1) is 0 Å². The summed E-state index contributed by atoms with van der Waals surface area (Å²) in [5.74, 6) is -0.626. The fraction of sp³-hybridized carbons (Fsp3) is 0.800. The van der Waals surface area contributed by atoms with Crippen molar-refractivity contribution < 1.29 is 10.0 Å². The van der Waals surface area contributed by atoms with Gasteiger partial charge in [-0.1, -0.05) is 25.9 Å². The minimum atomic E-state index is -0.536. The molecule has 5 nitrogen and oxygen atoms in total. The molecule has 5 heteroatoms. The number of nitrogens with zero attached hydrogens (tertiary/aromatic N) is 2. The summed E-state index contributed by atoms with van der Waals surface area (Å²) in [6.45, 7) is 6.43. The smallest absolute Gasteiger partial charge is 0.233 e. The molecule has 1 atom stereocenters. The number of carbonyl (C=O) groups is 1. The number of oxime groups is 1. The monoisotopic (exact) mass is 215 g/mol. The minimum Gasteiger partial charge on any atom is -0.409 e. The summed E-state index contributed by atoms with van der Waals surface area (Å²) >= 11 is 0. The number of carbonyl (C=O) groups excluding carboxylic acids is 1. The standard InChI is InChI=1S/C10H21N3O2/c1-5-6-13(4)10(14)8(7(2)3)9(11)12-15/h7-8,15H,5-6H2,1-4H3,(H2,11,12). The number of rotatable bonds is 5. The Morgan fingerprint density at radius 1 is 1.53 bits per heavy atom. The van der Waals surface area contributed by atoms with Crippen LogP contribution in [0, 0.1) is 11.8 Å². The van der Waals surface area contributed by atoms with Gasteiger partial charge in [0.05, 0.1) is 0 Å². The highest BCUT2D eigenvalue weighted by Gasteiger charge is 2.28. The van der Waals surface area contributed by atoms with Gasteiger partial charge in [0.2, 0.25) is 5.91 Å². The number of amidine groups is 1. The van der Waals surface area contributed by atoms with E-state index in [-0.39, 0.29) is 17.7 Å². The predicted molar refractivity (Wildman–Crippen MR) is 59.7 cm³/mol. The van der Waals surface area contributed by atoms with Gasteiger partial charge in [0.25, 0.3) is 0 Å². The molecule has 0 aromatic carbocycles. The van der Waals surface area contributed by atoms with E-state index in [1.807, 2.05) is 20.8 Å². The molecule has 0 aliphatic rings. The molecule has 0 saturated heterocycles. The molecule has 0 aliphatic carbocycles. The average molecular weight is 215 g/mol. The summed E-state index contributed by atoms with van der Waals surface area (Å²) in [4.78, 5) is 13.5. The van der Waals surface area contributed by atoms with Gasteiger partial charge in [-0.2, -0.15) is 0 Å². The molecular weight excluding hydrogens is 194 g/mol. The van der Waals surface area contributed by atoms with Gasteiger partial charge >= 0.3 is 0 Å². The SMILES string of the molecule is CCCN(C)C(=O)C(C(N)=NO)C(C)C. The maximum atomic E-state index is 11.9. The summed E-state index contributed by atoms with van der Waals surface area (Å²) in [6.07, 6.45) is 0.892. The van der Waals surface area contributed by atoms with Crippen LogP contribution < -0.4 is 5.73 Å². The zero-order valence-corrected chi connectivity index (χ0v) is 9.90. The third-order valence-corrected chi connectivity index (χ3v) is 2.30. The second kappa shape index (κ2) is 6.27. The van der Waals surface area contributed by atoms with E-state index in [1.165, 1.54) is 0 Å². The Balaban J connectivity index is 4.71. The number of amides is 1. The third-order valence-electron chi connectivity index (χ3n) is 2.30. The quantitative estimate of drug-likeness (QED) is 0.309. The Hall–Kier alpha value is -1.26. The summed E-state index contributed by atoms with van der Waals surface area (Å²) in [7, 11) is 1.73. The van der Waals surface area contributed by atoms with Crippen molar-refractivity contribution in [3.05, 3.63) is 0 Å². The maximum absolute atomic E-state index is 11.9. The molecule has 0 heterocycles. The van der Waals surface area contributed by atoms with E-state index in [9.17, 15) is 4.79 Å². The van der Waals surface area contributed by atoms with E-state index < -0.39 is 5.92 Å². The van der Waals surface area contributed by atoms with Crippen molar-refractivity contribution in [3.63, 3.8) is 0 Å². The van der Waals surface area contributed by atoms with E-state index in [0.29, 0.717) is 6.54 Å². The average Bonchev–Trinajstić information content (AvgIpc) is 2.17. The predicted octanol–water partition coefficient (Wildman–Crippen LogP) is 0.873. The molecule has 0 spiro atoms. The zero-order valence-electron chi connectivity index (χ0n) is 9.90. The van der Waals surface area contributed by atoms with Crippen LogP contribution in [0.3, 0.4) is 0 Å². The van der Waals surface area contributed by atoms with E-state index in [4.69, 9.17) is 10.9 Å². The lowest BCUT2D eigenvalue weighted by molar-refractivity contribution is -0.133. The highest BCUT2D eigenvalue weighted by Crippen LogP contribution is 2.14. The Labute approximate surface area is 90.9 Å². The zero-order chi connectivity index (χ0) is 12.0. The molecule has 0 aromatic heterocycles. The van der Waals surface area contributed by atoms with Gasteiger partial charge in [0.15, 0.2) is 5.84 Å². The number of hydrogen-bond acceptors (Lipinski definition) is 3. The van der Waals surface area contributed by atoms with E-state index >= 15 is 0 Å². The largest absolute Gasteiger partial charge is 0.409 e. The van der Waals surface area contributed by atoms with Crippen molar-refractivity contribution in [1.82, 2.24) is 4.90 Å².